The van der Waals surface area contributed by atoms with Crippen LogP contribution in [0.4, 0.5) is 9.18 Å². The first-order valence-electron chi connectivity index (χ1n) is 8.39. The Morgan fingerprint density at radius 1 is 1.21 bits per heavy atom. The molecular formula is C19H14Cl2FN3O3. The predicted molar refractivity (Wildman–Crippen MR) is 103 cm³/mol. The lowest BCUT2D eigenvalue weighted by atomic mass is 10.0. The second-order valence-corrected chi connectivity index (χ2v) is 7.20. The number of carbonyl (C=O) groups excluding carboxylic acids is 2. The molecule has 9 heteroatoms. The van der Waals surface area contributed by atoms with Crippen molar-refractivity contribution < 1.29 is 18.4 Å². The molecule has 2 aromatic carbocycles. The molecule has 0 bridgehead atoms. The fraction of sp³-hybridized carbons (Fsp3) is 0.158. The van der Waals surface area contributed by atoms with E-state index < -0.39 is 29.8 Å². The molecule has 2 atom stereocenters. The first-order chi connectivity index (χ1) is 13.4. The summed E-state index contributed by atoms with van der Waals surface area (Å²) in [7, 11) is 0. The van der Waals surface area contributed by atoms with Gasteiger partial charge in [-0.3, -0.25) is 4.79 Å². The molecule has 1 aromatic heterocycles. The fourth-order valence-electron chi connectivity index (χ4n) is 3.04. The number of furan rings is 1. The molecule has 6 nitrogen and oxygen atoms in total. The molecule has 1 aliphatic rings. The molecule has 3 amide bonds. The van der Waals surface area contributed by atoms with Crippen LogP contribution in [0.2, 0.25) is 10.0 Å². The van der Waals surface area contributed by atoms with E-state index in [0.29, 0.717) is 21.9 Å². The van der Waals surface area contributed by atoms with Crippen molar-refractivity contribution in [2.75, 3.05) is 6.54 Å². The van der Waals surface area contributed by atoms with Gasteiger partial charge in [0.2, 0.25) is 5.91 Å². The molecule has 2 heterocycles. The Bertz CT molecular complexity index is 1090. The smallest absolute Gasteiger partial charge is 0.315 e. The van der Waals surface area contributed by atoms with E-state index >= 15 is 0 Å². The topological polar surface area (TPSA) is 83.4 Å². The average molecular weight is 422 g/mol. The Morgan fingerprint density at radius 3 is 2.75 bits per heavy atom. The monoisotopic (exact) mass is 421 g/mol. The van der Waals surface area contributed by atoms with Gasteiger partial charge in [0.05, 0.1) is 5.02 Å². The quantitative estimate of drug-likeness (QED) is 0.599. The number of benzene rings is 2. The van der Waals surface area contributed by atoms with Gasteiger partial charge in [-0.25, -0.2) is 9.18 Å². The highest BCUT2D eigenvalue weighted by molar-refractivity contribution is 6.31. The van der Waals surface area contributed by atoms with E-state index in [1.165, 1.54) is 18.2 Å². The maximum atomic E-state index is 13.6. The summed E-state index contributed by atoms with van der Waals surface area (Å²) < 4.78 is 19.5. The maximum Gasteiger partial charge on any atom is 0.315 e. The molecular weight excluding hydrogens is 408 g/mol. The number of rotatable bonds is 4. The summed E-state index contributed by atoms with van der Waals surface area (Å²) in [6.45, 7) is 0.164. The summed E-state index contributed by atoms with van der Waals surface area (Å²) in [5.74, 6) is -0.563. The van der Waals surface area contributed by atoms with Crippen LogP contribution in [0.1, 0.15) is 17.4 Å². The standard InChI is InChI=1S/C19H14Cl2FN3O3/c20-11-2-4-15-10(5-11)7-16(28-15)17(9-1-3-13(22)12(21)6-9)25-18(26)14-8-23-19(27)24-14/h1-7,14,17H,8H2,(H,25,26)(H2,23,24,27)/t14-,17?/m0/s1. The van der Waals surface area contributed by atoms with Gasteiger partial charge in [0.1, 0.15) is 29.2 Å². The van der Waals surface area contributed by atoms with Crippen molar-refractivity contribution in [2.24, 2.45) is 0 Å². The number of halogens is 3. The number of hydrogen-bond donors (Lipinski definition) is 3. The largest absolute Gasteiger partial charge is 0.459 e. The highest BCUT2D eigenvalue weighted by Crippen LogP contribution is 2.31. The van der Waals surface area contributed by atoms with Crippen LogP contribution >= 0.6 is 23.2 Å². The second kappa shape index (κ2) is 7.33. The van der Waals surface area contributed by atoms with Gasteiger partial charge in [0.15, 0.2) is 0 Å². The molecule has 3 N–H and O–H groups in total. The fourth-order valence-corrected chi connectivity index (χ4v) is 3.41. The van der Waals surface area contributed by atoms with Crippen LogP contribution in [0.5, 0.6) is 0 Å². The number of nitrogens with one attached hydrogen (secondary N) is 3. The Kier molecular flexibility index (Phi) is 4.87. The maximum absolute atomic E-state index is 13.6. The Morgan fingerprint density at radius 2 is 2.04 bits per heavy atom. The molecule has 4 rings (SSSR count). The van der Waals surface area contributed by atoms with Crippen molar-refractivity contribution in [1.29, 1.82) is 0 Å². The first-order valence-corrected chi connectivity index (χ1v) is 9.15. The molecule has 1 aliphatic heterocycles. The van der Waals surface area contributed by atoms with Gasteiger partial charge in [0.25, 0.3) is 0 Å². The van der Waals surface area contributed by atoms with Gasteiger partial charge in [0, 0.05) is 17.0 Å². The summed E-state index contributed by atoms with van der Waals surface area (Å²) in [4.78, 5) is 24.0. The van der Waals surface area contributed by atoms with Crippen LogP contribution in [0.15, 0.2) is 46.9 Å². The molecule has 1 fully saturated rings. The lowest BCUT2D eigenvalue weighted by Crippen LogP contribution is -2.44. The van der Waals surface area contributed by atoms with E-state index in [-0.39, 0.29) is 11.6 Å². The SMILES string of the molecule is O=C1NC[C@@H](C(=O)NC(c2ccc(F)c(Cl)c2)c2cc3cc(Cl)ccc3o2)N1. The normalized spacial score (nSPS) is 17.2. The van der Waals surface area contributed by atoms with Gasteiger partial charge in [-0.15, -0.1) is 0 Å². The molecule has 1 saturated heterocycles. The number of urea groups is 1. The van der Waals surface area contributed by atoms with Crippen molar-refractivity contribution in [2.45, 2.75) is 12.1 Å². The first kappa shape index (κ1) is 18.6. The second-order valence-electron chi connectivity index (χ2n) is 6.35. The lowest BCUT2D eigenvalue weighted by molar-refractivity contribution is -0.123. The van der Waals surface area contributed by atoms with Crippen LogP contribution in [0.3, 0.4) is 0 Å². The number of amides is 3. The van der Waals surface area contributed by atoms with E-state index in [0.717, 1.165) is 5.39 Å². The summed E-state index contributed by atoms with van der Waals surface area (Å²) in [6, 6.07) is 9.16. The van der Waals surface area contributed by atoms with Crippen molar-refractivity contribution in [3.8, 4) is 0 Å². The number of carbonyl (C=O) groups is 2. The Hall–Kier alpha value is -2.77. The van der Waals surface area contributed by atoms with Crippen LogP contribution in [-0.4, -0.2) is 24.5 Å². The molecule has 3 aromatic rings. The minimum Gasteiger partial charge on any atom is -0.459 e. The van der Waals surface area contributed by atoms with Crippen LogP contribution in [0, 0.1) is 5.82 Å². The third kappa shape index (κ3) is 3.63. The summed E-state index contributed by atoms with van der Waals surface area (Å²) in [5, 5.41) is 9.11. The summed E-state index contributed by atoms with van der Waals surface area (Å²) in [5.41, 5.74) is 1.12. The van der Waals surface area contributed by atoms with Crippen molar-refractivity contribution in [1.82, 2.24) is 16.0 Å². The molecule has 144 valence electrons. The van der Waals surface area contributed by atoms with E-state index in [9.17, 15) is 14.0 Å². The van der Waals surface area contributed by atoms with Crippen molar-refractivity contribution in [3.05, 3.63) is 69.7 Å². The van der Waals surface area contributed by atoms with Gasteiger partial charge in [-0.2, -0.15) is 0 Å². The van der Waals surface area contributed by atoms with E-state index in [1.54, 1.807) is 24.3 Å². The van der Waals surface area contributed by atoms with Gasteiger partial charge in [-0.1, -0.05) is 29.3 Å². The van der Waals surface area contributed by atoms with Crippen molar-refractivity contribution in [3.63, 3.8) is 0 Å². The van der Waals surface area contributed by atoms with Crippen molar-refractivity contribution >= 4 is 46.1 Å². The van der Waals surface area contributed by atoms with E-state index in [4.69, 9.17) is 27.6 Å². The van der Waals surface area contributed by atoms with E-state index in [2.05, 4.69) is 16.0 Å². The zero-order valence-corrected chi connectivity index (χ0v) is 15.8. The third-order valence-corrected chi connectivity index (χ3v) is 4.96. The zero-order chi connectivity index (χ0) is 19.8. The third-order valence-electron chi connectivity index (χ3n) is 4.43. The number of hydrogen-bond acceptors (Lipinski definition) is 3. The van der Waals surface area contributed by atoms with E-state index in [1.807, 2.05) is 0 Å². The lowest BCUT2D eigenvalue weighted by Gasteiger charge is -2.19. The van der Waals surface area contributed by atoms with Gasteiger partial charge >= 0.3 is 6.03 Å². The minimum absolute atomic E-state index is 0.0771. The highest BCUT2D eigenvalue weighted by atomic mass is 35.5. The summed E-state index contributed by atoms with van der Waals surface area (Å²) in [6.07, 6.45) is 0. The van der Waals surface area contributed by atoms with Crippen LogP contribution < -0.4 is 16.0 Å². The predicted octanol–water partition coefficient (Wildman–Crippen LogP) is 3.77. The summed E-state index contributed by atoms with van der Waals surface area (Å²) >= 11 is 12.0. The molecule has 28 heavy (non-hydrogen) atoms. The molecule has 0 saturated carbocycles. The molecule has 0 aliphatic carbocycles. The molecule has 0 radical (unpaired) electrons. The van der Waals surface area contributed by atoms with Crippen LogP contribution in [-0.2, 0) is 4.79 Å². The zero-order valence-electron chi connectivity index (χ0n) is 14.3. The number of fused-ring (bicyclic) bond motifs is 1. The Balaban J connectivity index is 1.72. The van der Waals surface area contributed by atoms with Gasteiger partial charge in [-0.05, 0) is 42.0 Å². The molecule has 0 spiro atoms. The highest BCUT2D eigenvalue weighted by Gasteiger charge is 2.30. The Labute approximate surface area is 169 Å². The van der Waals surface area contributed by atoms with Gasteiger partial charge < -0.3 is 20.4 Å². The average Bonchev–Trinajstić information content (AvgIpc) is 3.27. The molecule has 1 unspecified atom stereocenters. The minimum atomic E-state index is -0.741. The van der Waals surface area contributed by atoms with Crippen LogP contribution in [0.25, 0.3) is 11.0 Å².